The quantitative estimate of drug-likeness (QED) is 0.840. The summed E-state index contributed by atoms with van der Waals surface area (Å²) >= 11 is 0. The largest absolute Gasteiger partial charge is 0.497 e. The van der Waals surface area contributed by atoms with E-state index in [0.717, 1.165) is 37.2 Å². The molecule has 1 aliphatic heterocycles. The topological polar surface area (TPSA) is 41.6 Å². The maximum Gasteiger partial charge on any atom is 0.322 e. The molecule has 4 heteroatoms. The summed E-state index contributed by atoms with van der Waals surface area (Å²) in [5.41, 5.74) is 3.19. The third-order valence-corrected chi connectivity index (χ3v) is 4.82. The molecule has 132 valence electrons. The Morgan fingerprint density at radius 3 is 2.44 bits per heavy atom. The summed E-state index contributed by atoms with van der Waals surface area (Å²) in [5, 5.41) is 3.05. The molecular weight excluding hydrogens is 312 g/mol. The van der Waals surface area contributed by atoms with Crippen molar-refractivity contribution in [1.82, 2.24) is 4.90 Å². The molecule has 0 aromatic heterocycles. The Hall–Kier alpha value is -2.49. The number of amides is 2. The smallest absolute Gasteiger partial charge is 0.322 e. The summed E-state index contributed by atoms with van der Waals surface area (Å²) in [6.45, 7) is 2.83. The molecule has 1 heterocycles. The van der Waals surface area contributed by atoms with Crippen LogP contribution in [0.15, 0.2) is 48.5 Å². The van der Waals surface area contributed by atoms with Crippen LogP contribution in [0.5, 0.6) is 5.75 Å². The van der Waals surface area contributed by atoms with Crippen molar-refractivity contribution in [2.75, 3.05) is 19.0 Å². The minimum Gasteiger partial charge on any atom is -0.497 e. The van der Waals surface area contributed by atoms with Crippen molar-refractivity contribution in [3.8, 4) is 5.75 Å². The van der Waals surface area contributed by atoms with Gasteiger partial charge in [0.1, 0.15) is 5.75 Å². The highest BCUT2D eigenvalue weighted by molar-refractivity contribution is 5.89. The van der Waals surface area contributed by atoms with Crippen molar-refractivity contribution in [1.29, 1.82) is 0 Å². The number of urea groups is 1. The van der Waals surface area contributed by atoms with E-state index in [-0.39, 0.29) is 12.1 Å². The van der Waals surface area contributed by atoms with Gasteiger partial charge in [-0.2, -0.15) is 0 Å². The molecule has 0 spiro atoms. The van der Waals surface area contributed by atoms with Gasteiger partial charge in [-0.3, -0.25) is 0 Å². The molecule has 25 heavy (non-hydrogen) atoms. The molecule has 1 saturated heterocycles. The van der Waals surface area contributed by atoms with Gasteiger partial charge in [-0.15, -0.1) is 0 Å². The number of anilines is 1. The van der Waals surface area contributed by atoms with E-state index in [4.69, 9.17) is 4.74 Å². The summed E-state index contributed by atoms with van der Waals surface area (Å²) < 4.78 is 5.25. The lowest BCUT2D eigenvalue weighted by molar-refractivity contribution is 0.189. The summed E-state index contributed by atoms with van der Waals surface area (Å²) in [6, 6.07) is 16.1. The van der Waals surface area contributed by atoms with E-state index >= 15 is 0 Å². The summed E-state index contributed by atoms with van der Waals surface area (Å²) in [7, 11) is 1.67. The number of aryl methyl sites for hydroxylation is 1. The van der Waals surface area contributed by atoms with E-state index in [1.54, 1.807) is 7.11 Å². The van der Waals surface area contributed by atoms with Crippen molar-refractivity contribution in [3.63, 3.8) is 0 Å². The second kappa shape index (κ2) is 8.06. The fourth-order valence-corrected chi connectivity index (χ4v) is 3.36. The van der Waals surface area contributed by atoms with Crippen LogP contribution < -0.4 is 10.1 Å². The van der Waals surface area contributed by atoms with Crippen LogP contribution in [0, 0.1) is 6.92 Å². The van der Waals surface area contributed by atoms with E-state index in [9.17, 15) is 4.79 Å². The maximum absolute atomic E-state index is 12.9. The molecule has 0 unspecified atom stereocenters. The first-order chi connectivity index (χ1) is 12.2. The van der Waals surface area contributed by atoms with Crippen LogP contribution in [-0.4, -0.2) is 24.6 Å². The minimum absolute atomic E-state index is 0.0217. The van der Waals surface area contributed by atoms with Gasteiger partial charge in [0.15, 0.2) is 0 Å². The number of hydrogen-bond donors (Lipinski definition) is 1. The number of carbonyl (C=O) groups is 1. The van der Waals surface area contributed by atoms with Crippen LogP contribution in [0.2, 0.25) is 0 Å². The summed E-state index contributed by atoms with van der Waals surface area (Å²) in [6.07, 6.45) is 4.35. The third-order valence-electron chi connectivity index (χ3n) is 4.82. The Morgan fingerprint density at radius 1 is 1.04 bits per heavy atom. The van der Waals surface area contributed by atoms with Crippen LogP contribution in [-0.2, 0) is 0 Å². The Morgan fingerprint density at radius 2 is 1.76 bits per heavy atom. The van der Waals surface area contributed by atoms with Gasteiger partial charge in [0.25, 0.3) is 0 Å². The number of nitrogens with zero attached hydrogens (tertiary/aromatic N) is 1. The molecule has 1 fully saturated rings. The normalized spacial score (nSPS) is 17.7. The van der Waals surface area contributed by atoms with E-state index < -0.39 is 0 Å². The molecule has 1 atom stereocenters. The van der Waals surface area contributed by atoms with E-state index in [2.05, 4.69) is 17.4 Å². The molecule has 2 amide bonds. The minimum atomic E-state index is -0.0217. The zero-order chi connectivity index (χ0) is 17.6. The molecule has 0 bridgehead atoms. The number of nitrogens with one attached hydrogen (secondary N) is 1. The molecule has 1 aliphatic rings. The Balaban J connectivity index is 1.79. The molecular formula is C21H26N2O2. The second-order valence-corrected chi connectivity index (χ2v) is 6.63. The number of methoxy groups -OCH3 is 1. The van der Waals surface area contributed by atoms with Gasteiger partial charge in [0.05, 0.1) is 13.2 Å². The van der Waals surface area contributed by atoms with Crippen molar-refractivity contribution in [3.05, 3.63) is 59.7 Å². The van der Waals surface area contributed by atoms with Crippen LogP contribution in [0.3, 0.4) is 0 Å². The van der Waals surface area contributed by atoms with E-state index in [0.29, 0.717) is 0 Å². The van der Waals surface area contributed by atoms with Crippen molar-refractivity contribution in [2.45, 2.75) is 38.6 Å². The monoisotopic (exact) mass is 338 g/mol. The number of rotatable bonds is 3. The Bertz CT molecular complexity index is 695. The van der Waals surface area contributed by atoms with E-state index in [1.807, 2.05) is 48.2 Å². The first kappa shape index (κ1) is 17.3. The van der Waals surface area contributed by atoms with Crippen LogP contribution in [0.1, 0.15) is 42.9 Å². The molecule has 1 N–H and O–H groups in total. The molecule has 0 aliphatic carbocycles. The first-order valence-corrected chi connectivity index (χ1v) is 8.95. The highest BCUT2D eigenvalue weighted by atomic mass is 16.5. The van der Waals surface area contributed by atoms with E-state index in [1.165, 1.54) is 17.5 Å². The predicted octanol–water partition coefficient (Wildman–Crippen LogP) is 5.15. The Kier molecular flexibility index (Phi) is 5.59. The van der Waals surface area contributed by atoms with Gasteiger partial charge in [-0.25, -0.2) is 4.79 Å². The fourth-order valence-electron chi connectivity index (χ4n) is 3.36. The number of carbonyl (C=O) groups excluding carboxylic acids is 1. The van der Waals surface area contributed by atoms with Crippen LogP contribution >= 0.6 is 0 Å². The molecule has 3 rings (SSSR count). The van der Waals surface area contributed by atoms with Crippen molar-refractivity contribution in [2.24, 2.45) is 0 Å². The standard InChI is InChI=1S/C21H26N2O2/c1-16-7-11-18(12-8-16)22-21(24)23-15-5-3-4-6-20(23)17-9-13-19(25-2)14-10-17/h7-14,20H,3-6,15H2,1-2H3,(H,22,24)/t20-/m1/s1. The lowest BCUT2D eigenvalue weighted by Gasteiger charge is -2.30. The molecule has 4 nitrogen and oxygen atoms in total. The molecule has 2 aromatic carbocycles. The maximum atomic E-state index is 12.9. The zero-order valence-corrected chi connectivity index (χ0v) is 15.0. The lowest BCUT2D eigenvalue weighted by atomic mass is 10.0. The molecule has 2 aromatic rings. The Labute approximate surface area is 149 Å². The van der Waals surface area contributed by atoms with Gasteiger partial charge < -0.3 is 15.0 Å². The molecule has 0 saturated carbocycles. The number of ether oxygens (including phenoxy) is 1. The third kappa shape index (κ3) is 4.32. The van der Waals surface area contributed by atoms with Gasteiger partial charge in [0, 0.05) is 12.2 Å². The average molecular weight is 338 g/mol. The second-order valence-electron chi connectivity index (χ2n) is 6.63. The highest BCUT2D eigenvalue weighted by Gasteiger charge is 2.26. The lowest BCUT2D eigenvalue weighted by Crippen LogP contribution is -2.38. The van der Waals surface area contributed by atoms with Gasteiger partial charge in [0.2, 0.25) is 0 Å². The average Bonchev–Trinajstić information content (AvgIpc) is 2.90. The van der Waals surface area contributed by atoms with Gasteiger partial charge in [-0.1, -0.05) is 42.7 Å². The van der Waals surface area contributed by atoms with Gasteiger partial charge >= 0.3 is 6.03 Å². The fraction of sp³-hybridized carbons (Fsp3) is 0.381. The van der Waals surface area contributed by atoms with Crippen molar-refractivity contribution >= 4 is 11.7 Å². The first-order valence-electron chi connectivity index (χ1n) is 8.95. The van der Waals surface area contributed by atoms with Crippen LogP contribution in [0.25, 0.3) is 0 Å². The highest BCUT2D eigenvalue weighted by Crippen LogP contribution is 2.31. The summed E-state index contributed by atoms with van der Waals surface area (Å²) in [4.78, 5) is 14.9. The van der Waals surface area contributed by atoms with Crippen LogP contribution in [0.4, 0.5) is 10.5 Å². The number of hydrogen-bond acceptors (Lipinski definition) is 2. The van der Waals surface area contributed by atoms with Crippen molar-refractivity contribution < 1.29 is 9.53 Å². The summed E-state index contributed by atoms with van der Waals surface area (Å²) in [5.74, 6) is 0.841. The molecule has 0 radical (unpaired) electrons. The number of likely N-dealkylation sites (tertiary alicyclic amines) is 1. The number of benzene rings is 2. The zero-order valence-electron chi connectivity index (χ0n) is 15.0. The van der Waals surface area contributed by atoms with Gasteiger partial charge in [-0.05, 0) is 49.6 Å². The SMILES string of the molecule is COc1ccc([C@H]2CCCCCN2C(=O)Nc2ccc(C)cc2)cc1. The predicted molar refractivity (Wildman–Crippen MR) is 101 cm³/mol.